The van der Waals surface area contributed by atoms with E-state index in [1.165, 1.54) is 0 Å². The third-order valence-electron chi connectivity index (χ3n) is 3.43. The standard InChI is InChI=1S/C15H19N3O2/c16-8-11-18(14-6-9-17-10-7-14)15(19)20-12-13-4-2-1-3-5-13/h1-5,14,17H,6-7,9-12H2. The zero-order chi connectivity index (χ0) is 14.2. The number of nitriles is 1. The molecular weight excluding hydrogens is 254 g/mol. The van der Waals surface area contributed by atoms with Gasteiger partial charge in [-0.15, -0.1) is 0 Å². The Balaban J connectivity index is 1.91. The van der Waals surface area contributed by atoms with Gasteiger partial charge in [-0.2, -0.15) is 5.26 Å². The Morgan fingerprint density at radius 1 is 1.35 bits per heavy atom. The summed E-state index contributed by atoms with van der Waals surface area (Å²) in [7, 11) is 0. The van der Waals surface area contributed by atoms with Gasteiger partial charge in [-0.25, -0.2) is 4.79 Å². The van der Waals surface area contributed by atoms with Crippen molar-refractivity contribution in [1.29, 1.82) is 5.26 Å². The van der Waals surface area contributed by atoms with E-state index < -0.39 is 6.09 Å². The fourth-order valence-electron chi connectivity index (χ4n) is 2.34. The molecule has 0 aliphatic carbocycles. The van der Waals surface area contributed by atoms with Crippen LogP contribution >= 0.6 is 0 Å². The minimum atomic E-state index is -0.401. The van der Waals surface area contributed by atoms with Crippen LogP contribution < -0.4 is 5.32 Å². The van der Waals surface area contributed by atoms with Gasteiger partial charge in [-0.1, -0.05) is 30.3 Å². The van der Waals surface area contributed by atoms with Crippen molar-refractivity contribution >= 4 is 6.09 Å². The first kappa shape index (κ1) is 14.4. The fraction of sp³-hybridized carbons (Fsp3) is 0.467. The molecule has 1 aliphatic rings. The molecule has 5 heteroatoms. The molecule has 0 radical (unpaired) electrons. The summed E-state index contributed by atoms with van der Waals surface area (Å²) >= 11 is 0. The third kappa shape index (κ3) is 3.97. The molecule has 1 N–H and O–H groups in total. The number of nitrogens with one attached hydrogen (secondary N) is 1. The average molecular weight is 273 g/mol. The van der Waals surface area contributed by atoms with Crippen molar-refractivity contribution in [2.24, 2.45) is 0 Å². The molecule has 1 amide bonds. The van der Waals surface area contributed by atoms with Gasteiger partial charge in [0.15, 0.2) is 0 Å². The Labute approximate surface area is 119 Å². The van der Waals surface area contributed by atoms with Crippen LogP contribution in [0, 0.1) is 11.3 Å². The maximum Gasteiger partial charge on any atom is 0.411 e. The van der Waals surface area contributed by atoms with Crippen molar-refractivity contribution in [2.75, 3.05) is 19.6 Å². The van der Waals surface area contributed by atoms with E-state index in [4.69, 9.17) is 10.00 Å². The number of rotatable bonds is 4. The quantitative estimate of drug-likeness (QED) is 0.851. The summed E-state index contributed by atoms with van der Waals surface area (Å²) in [6.07, 6.45) is 1.33. The first-order valence-corrected chi connectivity index (χ1v) is 6.86. The molecule has 0 unspecified atom stereocenters. The number of carbonyl (C=O) groups excluding carboxylic acids is 1. The molecule has 0 spiro atoms. The molecule has 1 aliphatic heterocycles. The molecular formula is C15H19N3O2. The van der Waals surface area contributed by atoms with Gasteiger partial charge in [-0.05, 0) is 31.5 Å². The smallest absolute Gasteiger partial charge is 0.411 e. The fourth-order valence-corrected chi connectivity index (χ4v) is 2.34. The predicted octanol–water partition coefficient (Wildman–Crippen LogP) is 1.90. The first-order chi connectivity index (χ1) is 9.81. The molecule has 0 bridgehead atoms. The minimum absolute atomic E-state index is 0.0816. The maximum atomic E-state index is 12.1. The molecule has 5 nitrogen and oxygen atoms in total. The van der Waals surface area contributed by atoms with Gasteiger partial charge < -0.3 is 10.1 Å². The summed E-state index contributed by atoms with van der Waals surface area (Å²) in [5, 5.41) is 12.1. The summed E-state index contributed by atoms with van der Waals surface area (Å²) in [6.45, 7) is 2.07. The topological polar surface area (TPSA) is 65.4 Å². The van der Waals surface area contributed by atoms with Crippen molar-refractivity contribution in [1.82, 2.24) is 10.2 Å². The third-order valence-corrected chi connectivity index (χ3v) is 3.43. The van der Waals surface area contributed by atoms with Crippen LogP contribution in [0.3, 0.4) is 0 Å². The van der Waals surface area contributed by atoms with E-state index >= 15 is 0 Å². The molecule has 1 aromatic carbocycles. The van der Waals surface area contributed by atoms with Gasteiger partial charge in [0.2, 0.25) is 0 Å². The summed E-state index contributed by atoms with van der Waals surface area (Å²) in [4.78, 5) is 13.7. The van der Waals surface area contributed by atoms with Crippen LogP contribution in [0.5, 0.6) is 0 Å². The second kappa shape index (κ2) is 7.51. The first-order valence-electron chi connectivity index (χ1n) is 6.86. The van der Waals surface area contributed by atoms with Gasteiger partial charge in [-0.3, -0.25) is 4.90 Å². The van der Waals surface area contributed by atoms with Crippen LogP contribution in [0.2, 0.25) is 0 Å². The lowest BCUT2D eigenvalue weighted by Gasteiger charge is -2.32. The van der Waals surface area contributed by atoms with E-state index in [1.807, 2.05) is 36.4 Å². The summed E-state index contributed by atoms with van der Waals surface area (Å²) < 4.78 is 5.31. The summed E-state index contributed by atoms with van der Waals surface area (Å²) in [5.74, 6) is 0. The minimum Gasteiger partial charge on any atom is -0.445 e. The summed E-state index contributed by atoms with van der Waals surface area (Å²) in [6, 6.07) is 11.7. The van der Waals surface area contributed by atoms with E-state index in [1.54, 1.807) is 4.90 Å². The zero-order valence-electron chi connectivity index (χ0n) is 11.4. The van der Waals surface area contributed by atoms with Gasteiger partial charge in [0.1, 0.15) is 13.2 Å². The van der Waals surface area contributed by atoms with Crippen molar-refractivity contribution in [3.05, 3.63) is 35.9 Å². The number of amides is 1. The van der Waals surface area contributed by atoms with Crippen LogP contribution in [0.25, 0.3) is 0 Å². The van der Waals surface area contributed by atoms with Gasteiger partial charge >= 0.3 is 6.09 Å². The van der Waals surface area contributed by atoms with Crippen LogP contribution in [-0.4, -0.2) is 36.7 Å². The molecule has 20 heavy (non-hydrogen) atoms. The highest BCUT2D eigenvalue weighted by molar-refractivity contribution is 5.68. The van der Waals surface area contributed by atoms with Crippen molar-refractivity contribution in [3.8, 4) is 6.07 Å². The van der Waals surface area contributed by atoms with E-state index in [0.717, 1.165) is 31.5 Å². The molecule has 1 heterocycles. The number of hydrogen-bond donors (Lipinski definition) is 1. The Bertz CT molecular complexity index is 464. The number of nitrogens with zero attached hydrogens (tertiary/aromatic N) is 2. The van der Waals surface area contributed by atoms with Crippen LogP contribution in [-0.2, 0) is 11.3 Å². The number of ether oxygens (including phenoxy) is 1. The second-order valence-corrected chi connectivity index (χ2v) is 4.81. The zero-order valence-corrected chi connectivity index (χ0v) is 11.4. The largest absolute Gasteiger partial charge is 0.445 e. The van der Waals surface area contributed by atoms with Crippen LogP contribution in [0.4, 0.5) is 4.79 Å². The van der Waals surface area contributed by atoms with Crippen molar-refractivity contribution in [3.63, 3.8) is 0 Å². The van der Waals surface area contributed by atoms with Crippen molar-refractivity contribution in [2.45, 2.75) is 25.5 Å². The lowest BCUT2D eigenvalue weighted by Crippen LogP contribution is -2.46. The van der Waals surface area contributed by atoms with E-state index in [-0.39, 0.29) is 19.2 Å². The normalized spacial score (nSPS) is 15.3. The number of carbonyl (C=O) groups is 1. The van der Waals surface area contributed by atoms with Gasteiger partial charge in [0, 0.05) is 6.04 Å². The number of benzene rings is 1. The van der Waals surface area contributed by atoms with Gasteiger partial charge in [0.05, 0.1) is 6.07 Å². The van der Waals surface area contributed by atoms with Crippen molar-refractivity contribution < 1.29 is 9.53 Å². The lowest BCUT2D eigenvalue weighted by molar-refractivity contribution is 0.0793. The molecule has 106 valence electrons. The molecule has 2 rings (SSSR count). The van der Waals surface area contributed by atoms with Crippen LogP contribution in [0.1, 0.15) is 18.4 Å². The average Bonchev–Trinajstić information content (AvgIpc) is 2.52. The molecule has 1 fully saturated rings. The molecule has 0 saturated carbocycles. The Morgan fingerprint density at radius 3 is 2.70 bits per heavy atom. The highest BCUT2D eigenvalue weighted by Crippen LogP contribution is 2.13. The highest BCUT2D eigenvalue weighted by Gasteiger charge is 2.26. The van der Waals surface area contributed by atoms with Crippen LogP contribution in [0.15, 0.2) is 30.3 Å². The number of piperidine rings is 1. The molecule has 1 saturated heterocycles. The monoisotopic (exact) mass is 273 g/mol. The Morgan fingerprint density at radius 2 is 2.05 bits per heavy atom. The molecule has 0 atom stereocenters. The summed E-state index contributed by atoms with van der Waals surface area (Å²) in [5.41, 5.74) is 0.947. The Kier molecular flexibility index (Phi) is 5.39. The SMILES string of the molecule is N#CCN(C(=O)OCc1ccccc1)C1CCNCC1. The predicted molar refractivity (Wildman–Crippen MR) is 74.8 cm³/mol. The van der Waals surface area contributed by atoms with Gasteiger partial charge in [0.25, 0.3) is 0 Å². The molecule has 0 aromatic heterocycles. The molecule has 1 aromatic rings. The maximum absolute atomic E-state index is 12.1. The highest BCUT2D eigenvalue weighted by atomic mass is 16.6. The second-order valence-electron chi connectivity index (χ2n) is 4.81. The van der Waals surface area contributed by atoms with E-state index in [2.05, 4.69) is 5.32 Å². The number of hydrogen-bond acceptors (Lipinski definition) is 4. The van der Waals surface area contributed by atoms with E-state index in [0.29, 0.717) is 0 Å². The lowest BCUT2D eigenvalue weighted by atomic mass is 10.1. The van der Waals surface area contributed by atoms with E-state index in [9.17, 15) is 4.79 Å². The Hall–Kier alpha value is -2.06.